The minimum Gasteiger partial charge on any atom is -0.445 e. The van der Waals surface area contributed by atoms with Gasteiger partial charge in [0, 0.05) is 12.1 Å². The maximum atomic E-state index is 5.22. The Morgan fingerprint density at radius 3 is 2.67 bits per heavy atom. The standard InChI is InChI=1S/C10H11NO/c11-7-9-12-8-6-10-4-2-1-3-5-10/h1-5H,7,9,11H2. The van der Waals surface area contributed by atoms with Gasteiger partial charge in [0.05, 0.1) is 0 Å². The molecular weight excluding hydrogens is 150 g/mol. The number of hydrogen-bond donors (Lipinski definition) is 1. The molecule has 62 valence electrons. The van der Waals surface area contributed by atoms with Crippen molar-refractivity contribution in [3.05, 3.63) is 35.9 Å². The van der Waals surface area contributed by atoms with Crippen LogP contribution < -0.4 is 5.73 Å². The topological polar surface area (TPSA) is 35.2 Å². The van der Waals surface area contributed by atoms with Crippen LogP contribution in [-0.4, -0.2) is 13.2 Å². The Labute approximate surface area is 72.3 Å². The number of rotatable bonds is 2. The molecule has 2 nitrogen and oxygen atoms in total. The predicted octanol–water partition coefficient (Wildman–Crippen LogP) is 0.971. The third-order valence-electron chi connectivity index (χ3n) is 1.26. The van der Waals surface area contributed by atoms with Crippen LogP contribution in [0, 0.1) is 12.0 Å². The highest BCUT2D eigenvalue weighted by Crippen LogP contribution is 1.94. The second-order valence-corrected chi connectivity index (χ2v) is 2.23. The summed E-state index contributed by atoms with van der Waals surface area (Å²) >= 11 is 0. The van der Waals surface area contributed by atoms with Crippen LogP contribution in [0.5, 0.6) is 0 Å². The van der Waals surface area contributed by atoms with Gasteiger partial charge in [0.25, 0.3) is 0 Å². The van der Waals surface area contributed by atoms with E-state index < -0.39 is 0 Å². The van der Waals surface area contributed by atoms with Gasteiger partial charge in [-0.15, -0.1) is 0 Å². The lowest BCUT2D eigenvalue weighted by Gasteiger charge is -1.90. The van der Waals surface area contributed by atoms with Gasteiger partial charge in [0.15, 0.2) is 0 Å². The molecular formula is C10H11NO. The Morgan fingerprint density at radius 2 is 2.00 bits per heavy atom. The van der Waals surface area contributed by atoms with Gasteiger partial charge >= 0.3 is 0 Å². The average Bonchev–Trinajstić information content (AvgIpc) is 2.14. The number of nitrogens with two attached hydrogens (primary N) is 1. The van der Waals surface area contributed by atoms with Crippen LogP contribution in [0.25, 0.3) is 0 Å². The number of benzene rings is 1. The normalized spacial score (nSPS) is 8.42. The summed E-state index contributed by atoms with van der Waals surface area (Å²) in [5, 5.41) is 0. The van der Waals surface area contributed by atoms with Crippen molar-refractivity contribution in [2.24, 2.45) is 5.73 Å². The van der Waals surface area contributed by atoms with Gasteiger partial charge in [0.2, 0.25) is 0 Å². The molecule has 0 aliphatic rings. The maximum Gasteiger partial charge on any atom is 0.115 e. The molecule has 0 heterocycles. The molecule has 0 amide bonds. The summed E-state index contributed by atoms with van der Waals surface area (Å²) in [6.45, 7) is 0.989. The maximum absolute atomic E-state index is 5.22. The molecule has 0 radical (unpaired) electrons. The first kappa shape index (κ1) is 8.63. The van der Waals surface area contributed by atoms with Gasteiger partial charge in [-0.1, -0.05) is 18.2 Å². The molecule has 0 atom stereocenters. The Morgan fingerprint density at radius 1 is 1.25 bits per heavy atom. The predicted molar refractivity (Wildman–Crippen MR) is 48.3 cm³/mol. The molecule has 0 unspecified atom stereocenters. The zero-order chi connectivity index (χ0) is 8.65. The minimum atomic E-state index is 0.486. The fourth-order valence-electron chi connectivity index (χ4n) is 0.726. The van der Waals surface area contributed by atoms with Crippen molar-refractivity contribution < 1.29 is 4.74 Å². The van der Waals surface area contributed by atoms with Crippen molar-refractivity contribution in [1.82, 2.24) is 0 Å². The molecule has 1 rings (SSSR count). The molecule has 2 N–H and O–H groups in total. The van der Waals surface area contributed by atoms with Crippen LogP contribution in [-0.2, 0) is 4.74 Å². The zero-order valence-corrected chi connectivity index (χ0v) is 6.79. The molecule has 1 aromatic carbocycles. The van der Waals surface area contributed by atoms with Crippen LogP contribution in [0.4, 0.5) is 0 Å². The molecule has 0 aliphatic carbocycles. The molecule has 12 heavy (non-hydrogen) atoms. The highest BCUT2D eigenvalue weighted by Gasteiger charge is 1.80. The van der Waals surface area contributed by atoms with Crippen LogP contribution in [0.15, 0.2) is 30.3 Å². The molecule has 1 aromatic rings. The lowest BCUT2D eigenvalue weighted by atomic mass is 10.2. The molecule has 0 spiro atoms. The van der Waals surface area contributed by atoms with Gasteiger partial charge < -0.3 is 10.5 Å². The van der Waals surface area contributed by atoms with E-state index in [1.807, 2.05) is 30.3 Å². The van der Waals surface area contributed by atoms with E-state index in [-0.39, 0.29) is 0 Å². The number of hydrogen-bond acceptors (Lipinski definition) is 2. The van der Waals surface area contributed by atoms with Crippen molar-refractivity contribution in [3.8, 4) is 12.0 Å². The summed E-state index contributed by atoms with van der Waals surface area (Å²) < 4.78 is 4.90. The van der Waals surface area contributed by atoms with E-state index in [0.717, 1.165) is 5.56 Å². The van der Waals surface area contributed by atoms with E-state index in [4.69, 9.17) is 10.5 Å². The first-order chi connectivity index (χ1) is 5.93. The lowest BCUT2D eigenvalue weighted by molar-refractivity contribution is 0.288. The van der Waals surface area contributed by atoms with Gasteiger partial charge in [-0.25, -0.2) is 0 Å². The first-order valence-corrected chi connectivity index (χ1v) is 3.81. The van der Waals surface area contributed by atoms with Crippen LogP contribution >= 0.6 is 0 Å². The fourth-order valence-corrected chi connectivity index (χ4v) is 0.726. The second kappa shape index (κ2) is 5.22. The summed E-state index contributed by atoms with van der Waals surface area (Å²) in [5.41, 5.74) is 6.17. The van der Waals surface area contributed by atoms with Crippen LogP contribution in [0.3, 0.4) is 0 Å². The Hall–Kier alpha value is -1.46. The van der Waals surface area contributed by atoms with Crippen molar-refractivity contribution >= 4 is 0 Å². The van der Waals surface area contributed by atoms with Gasteiger partial charge in [-0.2, -0.15) is 0 Å². The van der Waals surface area contributed by atoms with E-state index >= 15 is 0 Å². The molecule has 0 fully saturated rings. The Bertz CT molecular complexity index is 271. The van der Waals surface area contributed by atoms with Crippen molar-refractivity contribution in [2.75, 3.05) is 13.2 Å². The summed E-state index contributed by atoms with van der Waals surface area (Å²) in [4.78, 5) is 0. The summed E-state index contributed by atoms with van der Waals surface area (Å²) in [6.07, 6.45) is 2.57. The third kappa shape index (κ3) is 3.09. The Kier molecular flexibility index (Phi) is 3.76. The first-order valence-electron chi connectivity index (χ1n) is 3.81. The third-order valence-corrected chi connectivity index (χ3v) is 1.26. The van der Waals surface area contributed by atoms with E-state index in [9.17, 15) is 0 Å². The number of ether oxygens (including phenoxy) is 1. The van der Waals surface area contributed by atoms with Gasteiger partial charge in [-0.05, 0) is 18.1 Å². The molecule has 0 aliphatic heterocycles. The highest BCUT2D eigenvalue weighted by molar-refractivity contribution is 5.32. The van der Waals surface area contributed by atoms with Crippen molar-refractivity contribution in [3.63, 3.8) is 0 Å². The largest absolute Gasteiger partial charge is 0.445 e. The molecule has 2 heteroatoms. The van der Waals surface area contributed by atoms with Crippen LogP contribution in [0.1, 0.15) is 5.56 Å². The molecule has 0 saturated heterocycles. The summed E-state index contributed by atoms with van der Waals surface area (Å²) in [6, 6.07) is 9.68. The van der Waals surface area contributed by atoms with E-state index in [2.05, 4.69) is 12.0 Å². The Balaban J connectivity index is 2.44. The summed E-state index contributed by atoms with van der Waals surface area (Å²) in [5.74, 6) is 2.85. The monoisotopic (exact) mass is 161 g/mol. The quantitative estimate of drug-likeness (QED) is 0.518. The molecule has 0 aromatic heterocycles. The highest BCUT2D eigenvalue weighted by atomic mass is 16.5. The fraction of sp³-hybridized carbons (Fsp3) is 0.200. The molecule has 0 saturated carbocycles. The smallest absolute Gasteiger partial charge is 0.115 e. The van der Waals surface area contributed by atoms with Gasteiger partial charge in [0.1, 0.15) is 12.7 Å². The van der Waals surface area contributed by atoms with Crippen molar-refractivity contribution in [2.45, 2.75) is 0 Å². The molecule has 0 bridgehead atoms. The van der Waals surface area contributed by atoms with Gasteiger partial charge in [-0.3, -0.25) is 0 Å². The van der Waals surface area contributed by atoms with E-state index in [1.54, 1.807) is 0 Å². The minimum absolute atomic E-state index is 0.486. The SMILES string of the molecule is NCCOC#Cc1ccccc1. The van der Waals surface area contributed by atoms with E-state index in [0.29, 0.717) is 13.2 Å². The van der Waals surface area contributed by atoms with E-state index in [1.165, 1.54) is 0 Å². The second-order valence-electron chi connectivity index (χ2n) is 2.23. The van der Waals surface area contributed by atoms with Crippen molar-refractivity contribution in [1.29, 1.82) is 0 Å². The lowest BCUT2D eigenvalue weighted by Crippen LogP contribution is -2.05. The zero-order valence-electron chi connectivity index (χ0n) is 6.79. The average molecular weight is 161 g/mol. The summed E-state index contributed by atoms with van der Waals surface area (Å²) in [7, 11) is 0. The van der Waals surface area contributed by atoms with Crippen LogP contribution in [0.2, 0.25) is 0 Å².